The van der Waals surface area contributed by atoms with Gasteiger partial charge in [-0.1, -0.05) is 41.4 Å². The molecule has 2 aromatic carbocycles. The van der Waals surface area contributed by atoms with Gasteiger partial charge in [-0.2, -0.15) is 5.10 Å². The third kappa shape index (κ3) is 2.72. The Morgan fingerprint density at radius 3 is 2.14 bits per heavy atom. The summed E-state index contributed by atoms with van der Waals surface area (Å²) in [6.07, 6.45) is 3.95. The minimum absolute atomic E-state index is 0.747. The Bertz CT molecular complexity index is 762. The van der Waals surface area contributed by atoms with Crippen molar-refractivity contribution >= 4 is 11.6 Å². The second-order valence-electron chi connectivity index (χ2n) is 5.43. The van der Waals surface area contributed by atoms with Gasteiger partial charge in [-0.3, -0.25) is 0 Å². The first-order valence-corrected chi connectivity index (χ1v) is 7.31. The number of hydrogen-bond acceptors (Lipinski definition) is 1. The van der Waals surface area contributed by atoms with Crippen molar-refractivity contribution in [3.63, 3.8) is 0 Å². The molecular formula is C18H17ClN2. The third-order valence-electron chi connectivity index (χ3n) is 3.62. The molecule has 0 fully saturated rings. The molecule has 2 nitrogen and oxygen atoms in total. The fourth-order valence-corrected chi connectivity index (χ4v) is 2.90. The van der Waals surface area contributed by atoms with E-state index in [1.54, 1.807) is 0 Å². The van der Waals surface area contributed by atoms with E-state index >= 15 is 0 Å². The summed E-state index contributed by atoms with van der Waals surface area (Å²) in [5.74, 6) is 0. The van der Waals surface area contributed by atoms with Crippen LogP contribution in [0.1, 0.15) is 16.7 Å². The highest BCUT2D eigenvalue weighted by atomic mass is 35.5. The van der Waals surface area contributed by atoms with E-state index in [0.29, 0.717) is 0 Å². The molecular weight excluding hydrogens is 280 g/mol. The molecule has 0 amide bonds. The van der Waals surface area contributed by atoms with E-state index in [2.05, 4.69) is 44.2 Å². The lowest BCUT2D eigenvalue weighted by Gasteiger charge is -2.11. The Morgan fingerprint density at radius 1 is 0.905 bits per heavy atom. The predicted octanol–water partition coefficient (Wildman–Crippen LogP) is 5.12. The SMILES string of the molecule is Cc1cc(C)c(-n2cc(-c3ccc(Cl)cc3)cn2)c(C)c1. The van der Waals surface area contributed by atoms with E-state index in [0.717, 1.165) is 21.8 Å². The van der Waals surface area contributed by atoms with Gasteiger partial charge in [-0.25, -0.2) is 4.68 Å². The van der Waals surface area contributed by atoms with Crippen LogP contribution in [0.4, 0.5) is 0 Å². The van der Waals surface area contributed by atoms with Gasteiger partial charge in [-0.15, -0.1) is 0 Å². The summed E-state index contributed by atoms with van der Waals surface area (Å²) in [5.41, 5.74) is 7.11. The molecule has 1 heterocycles. The molecule has 0 aliphatic rings. The Hall–Kier alpha value is -2.06. The van der Waals surface area contributed by atoms with E-state index in [1.807, 2.05) is 35.1 Å². The van der Waals surface area contributed by atoms with Crippen LogP contribution in [0.25, 0.3) is 16.8 Å². The lowest BCUT2D eigenvalue weighted by Crippen LogP contribution is -2.01. The second kappa shape index (κ2) is 5.38. The summed E-state index contributed by atoms with van der Waals surface area (Å²) >= 11 is 5.94. The summed E-state index contributed by atoms with van der Waals surface area (Å²) in [7, 11) is 0. The van der Waals surface area contributed by atoms with Gasteiger partial charge < -0.3 is 0 Å². The van der Waals surface area contributed by atoms with Crippen molar-refractivity contribution in [3.05, 3.63) is 70.5 Å². The van der Waals surface area contributed by atoms with Gasteiger partial charge in [0.2, 0.25) is 0 Å². The van der Waals surface area contributed by atoms with E-state index in [9.17, 15) is 0 Å². The molecule has 0 atom stereocenters. The van der Waals surface area contributed by atoms with Crippen LogP contribution in [0.5, 0.6) is 0 Å². The fourth-order valence-electron chi connectivity index (χ4n) is 2.77. The first-order chi connectivity index (χ1) is 10.0. The summed E-state index contributed by atoms with van der Waals surface area (Å²) in [5, 5.41) is 5.27. The maximum atomic E-state index is 5.94. The zero-order valence-electron chi connectivity index (χ0n) is 12.4. The normalized spacial score (nSPS) is 10.9. The zero-order valence-corrected chi connectivity index (χ0v) is 13.1. The maximum absolute atomic E-state index is 5.94. The highest BCUT2D eigenvalue weighted by Crippen LogP contribution is 2.25. The van der Waals surface area contributed by atoms with Gasteiger partial charge in [0, 0.05) is 16.8 Å². The molecule has 3 aromatic rings. The molecule has 0 saturated carbocycles. The third-order valence-corrected chi connectivity index (χ3v) is 3.88. The van der Waals surface area contributed by atoms with Crippen LogP contribution >= 0.6 is 11.6 Å². The minimum atomic E-state index is 0.747. The molecule has 0 bridgehead atoms. The van der Waals surface area contributed by atoms with Crippen LogP contribution < -0.4 is 0 Å². The lowest BCUT2D eigenvalue weighted by atomic mass is 10.1. The largest absolute Gasteiger partial charge is 0.240 e. The van der Waals surface area contributed by atoms with Crippen LogP contribution in [-0.2, 0) is 0 Å². The molecule has 0 aliphatic heterocycles. The van der Waals surface area contributed by atoms with Crippen LogP contribution in [-0.4, -0.2) is 9.78 Å². The van der Waals surface area contributed by atoms with Gasteiger partial charge in [0.05, 0.1) is 11.9 Å². The molecule has 106 valence electrons. The summed E-state index contributed by atoms with van der Waals surface area (Å²) in [6, 6.07) is 12.2. The molecule has 0 radical (unpaired) electrons. The van der Waals surface area contributed by atoms with Crippen LogP contribution in [0.15, 0.2) is 48.8 Å². The minimum Gasteiger partial charge on any atom is -0.240 e. The summed E-state index contributed by atoms with van der Waals surface area (Å²) in [6.45, 7) is 6.37. The standard InChI is InChI=1S/C18H17ClN2/c1-12-8-13(2)18(14(3)9-12)21-11-16(10-20-21)15-4-6-17(19)7-5-15/h4-11H,1-3H3. The van der Waals surface area contributed by atoms with Gasteiger partial charge in [-0.05, 0) is 49.6 Å². The lowest BCUT2D eigenvalue weighted by molar-refractivity contribution is 0.864. The Kier molecular flexibility index (Phi) is 3.56. The van der Waals surface area contributed by atoms with Crippen LogP contribution in [0.3, 0.4) is 0 Å². The highest BCUT2D eigenvalue weighted by Gasteiger charge is 2.09. The molecule has 3 rings (SSSR count). The van der Waals surface area contributed by atoms with E-state index in [4.69, 9.17) is 11.6 Å². The molecule has 3 heteroatoms. The molecule has 0 N–H and O–H groups in total. The number of nitrogens with zero attached hydrogens (tertiary/aromatic N) is 2. The smallest absolute Gasteiger partial charge is 0.0704 e. The van der Waals surface area contributed by atoms with E-state index < -0.39 is 0 Å². The number of aromatic nitrogens is 2. The summed E-state index contributed by atoms with van der Waals surface area (Å²) in [4.78, 5) is 0. The van der Waals surface area contributed by atoms with Crippen molar-refractivity contribution in [1.29, 1.82) is 0 Å². The first kappa shape index (κ1) is 13.9. The average molecular weight is 297 g/mol. The predicted molar refractivity (Wildman–Crippen MR) is 88.2 cm³/mol. The van der Waals surface area contributed by atoms with Gasteiger partial charge >= 0.3 is 0 Å². The topological polar surface area (TPSA) is 17.8 Å². The fraction of sp³-hybridized carbons (Fsp3) is 0.167. The number of rotatable bonds is 2. The number of halogens is 1. The van der Waals surface area contributed by atoms with Crippen molar-refractivity contribution in [2.45, 2.75) is 20.8 Å². The molecule has 0 aliphatic carbocycles. The Labute approximate surface area is 130 Å². The van der Waals surface area contributed by atoms with E-state index in [1.165, 1.54) is 16.7 Å². The van der Waals surface area contributed by atoms with Crippen molar-refractivity contribution in [1.82, 2.24) is 9.78 Å². The van der Waals surface area contributed by atoms with Gasteiger partial charge in [0.25, 0.3) is 0 Å². The van der Waals surface area contributed by atoms with Crippen LogP contribution in [0.2, 0.25) is 5.02 Å². The molecule has 0 saturated heterocycles. The van der Waals surface area contributed by atoms with Crippen molar-refractivity contribution in [2.75, 3.05) is 0 Å². The monoisotopic (exact) mass is 296 g/mol. The molecule has 0 unspecified atom stereocenters. The van der Waals surface area contributed by atoms with Gasteiger partial charge in [0.1, 0.15) is 0 Å². The quantitative estimate of drug-likeness (QED) is 0.642. The van der Waals surface area contributed by atoms with Crippen LogP contribution in [0, 0.1) is 20.8 Å². The molecule has 21 heavy (non-hydrogen) atoms. The first-order valence-electron chi connectivity index (χ1n) is 6.93. The maximum Gasteiger partial charge on any atom is 0.0704 e. The van der Waals surface area contributed by atoms with Crippen molar-refractivity contribution < 1.29 is 0 Å². The second-order valence-corrected chi connectivity index (χ2v) is 5.86. The Morgan fingerprint density at radius 2 is 1.52 bits per heavy atom. The molecule has 0 spiro atoms. The highest BCUT2D eigenvalue weighted by molar-refractivity contribution is 6.30. The number of benzene rings is 2. The summed E-state index contributed by atoms with van der Waals surface area (Å²) < 4.78 is 1.95. The zero-order chi connectivity index (χ0) is 15.0. The van der Waals surface area contributed by atoms with Crippen molar-refractivity contribution in [3.8, 4) is 16.8 Å². The van der Waals surface area contributed by atoms with Crippen molar-refractivity contribution in [2.24, 2.45) is 0 Å². The number of aryl methyl sites for hydroxylation is 3. The molecule has 1 aromatic heterocycles. The number of hydrogen-bond donors (Lipinski definition) is 0. The van der Waals surface area contributed by atoms with Gasteiger partial charge in [0.15, 0.2) is 0 Å². The average Bonchev–Trinajstić information content (AvgIpc) is 2.87. The van der Waals surface area contributed by atoms with E-state index in [-0.39, 0.29) is 0 Å². The Balaban J connectivity index is 2.05.